The molecule has 3 amide bonds. The summed E-state index contributed by atoms with van der Waals surface area (Å²) in [6.07, 6.45) is 1.17. The first-order chi connectivity index (χ1) is 19.4. The number of rotatable bonds is 11. The molecule has 2 N–H and O–H groups in total. The summed E-state index contributed by atoms with van der Waals surface area (Å²) >= 11 is 0. The molecule has 0 saturated carbocycles. The molecule has 0 aliphatic heterocycles. The summed E-state index contributed by atoms with van der Waals surface area (Å²) in [5, 5.41) is 5.99. The number of ether oxygens (including phenoxy) is 1. The van der Waals surface area contributed by atoms with E-state index < -0.39 is 29.3 Å². The van der Waals surface area contributed by atoms with Crippen molar-refractivity contribution in [2.75, 3.05) is 0 Å². The van der Waals surface area contributed by atoms with Crippen molar-refractivity contribution >= 4 is 17.9 Å². The summed E-state index contributed by atoms with van der Waals surface area (Å²) in [5.41, 5.74) is 2.42. The minimum absolute atomic E-state index is 0.255. The first kappa shape index (κ1) is 34.8. The zero-order chi connectivity index (χ0) is 31.8. The molecular weight excluding hydrogens is 526 g/mol. The summed E-state index contributed by atoms with van der Waals surface area (Å²) in [4.78, 5) is 43.7. The lowest BCUT2D eigenvalue weighted by Crippen LogP contribution is -2.57. The largest absolute Gasteiger partial charge is 0.444 e. The molecule has 0 bridgehead atoms. The van der Waals surface area contributed by atoms with E-state index in [-0.39, 0.29) is 24.3 Å². The van der Waals surface area contributed by atoms with E-state index >= 15 is 0 Å². The minimum atomic E-state index is -0.945. The standard InChI is InChI=1S/C35H53N3O4/c1-23(2)17-19-26(5)38(30(31(39)37-34(6,7)8)28-20-18-24(3)21-25(28)4)32(40)29(22-27-15-13-12-14-16-27)36-33(41)42-35(9,10)11/h12-16,18,20-21,23,26,29-30H,17,19,22H2,1-11H3,(H,36,41)(H,37,39). The van der Waals surface area contributed by atoms with E-state index in [0.717, 1.165) is 28.7 Å². The fraction of sp³-hybridized carbons (Fsp3) is 0.571. The van der Waals surface area contributed by atoms with E-state index in [2.05, 4.69) is 24.5 Å². The van der Waals surface area contributed by atoms with E-state index in [4.69, 9.17) is 4.74 Å². The van der Waals surface area contributed by atoms with E-state index in [1.54, 1.807) is 25.7 Å². The first-order valence-electron chi connectivity index (χ1n) is 15.1. The average Bonchev–Trinajstić information content (AvgIpc) is 2.84. The third-order valence-electron chi connectivity index (χ3n) is 6.91. The predicted molar refractivity (Wildman–Crippen MR) is 170 cm³/mol. The fourth-order valence-electron chi connectivity index (χ4n) is 4.98. The Labute approximate surface area is 253 Å². The number of hydrogen-bond acceptors (Lipinski definition) is 4. The van der Waals surface area contributed by atoms with Gasteiger partial charge in [-0.15, -0.1) is 0 Å². The number of carbonyl (C=O) groups excluding carboxylic acids is 3. The van der Waals surface area contributed by atoms with Crippen LogP contribution in [0.2, 0.25) is 0 Å². The Morgan fingerprint density at radius 2 is 1.50 bits per heavy atom. The van der Waals surface area contributed by atoms with Crippen LogP contribution in [-0.2, 0) is 20.7 Å². The summed E-state index contributed by atoms with van der Waals surface area (Å²) in [6, 6.07) is 13.4. The molecule has 0 fully saturated rings. The van der Waals surface area contributed by atoms with Crippen LogP contribution in [0.3, 0.4) is 0 Å². The van der Waals surface area contributed by atoms with Crippen molar-refractivity contribution in [1.29, 1.82) is 0 Å². The van der Waals surface area contributed by atoms with E-state index in [0.29, 0.717) is 12.3 Å². The monoisotopic (exact) mass is 579 g/mol. The Balaban J connectivity index is 2.71. The quantitative estimate of drug-likeness (QED) is 0.299. The van der Waals surface area contributed by atoms with Crippen LogP contribution in [0, 0.1) is 19.8 Å². The molecule has 3 atom stereocenters. The molecule has 42 heavy (non-hydrogen) atoms. The lowest BCUT2D eigenvalue weighted by molar-refractivity contribution is -0.145. The lowest BCUT2D eigenvalue weighted by Gasteiger charge is -2.40. The highest BCUT2D eigenvalue weighted by atomic mass is 16.6. The van der Waals surface area contributed by atoms with Crippen molar-refractivity contribution in [2.24, 2.45) is 5.92 Å². The van der Waals surface area contributed by atoms with Gasteiger partial charge in [-0.05, 0) is 97.8 Å². The van der Waals surface area contributed by atoms with E-state index in [9.17, 15) is 14.4 Å². The average molecular weight is 580 g/mol. The molecule has 0 heterocycles. The molecule has 0 radical (unpaired) electrons. The minimum Gasteiger partial charge on any atom is -0.444 e. The van der Waals surface area contributed by atoms with Crippen LogP contribution in [0.4, 0.5) is 4.79 Å². The predicted octanol–water partition coefficient (Wildman–Crippen LogP) is 7.05. The number of alkyl carbamates (subject to hydrolysis) is 1. The Bertz CT molecular complexity index is 1190. The molecule has 7 heteroatoms. The maximum atomic E-state index is 14.8. The SMILES string of the molecule is Cc1ccc(C(C(=O)NC(C)(C)C)N(C(=O)C(Cc2ccccc2)NC(=O)OC(C)(C)C)C(C)CCC(C)C)c(C)c1. The number of carbonyl (C=O) groups is 3. The summed E-state index contributed by atoms with van der Waals surface area (Å²) in [7, 11) is 0. The number of aryl methyl sites for hydroxylation is 2. The van der Waals surface area contributed by atoms with Crippen LogP contribution in [0.5, 0.6) is 0 Å². The van der Waals surface area contributed by atoms with Crippen LogP contribution >= 0.6 is 0 Å². The molecule has 0 aliphatic rings. The molecule has 0 spiro atoms. The second-order valence-electron chi connectivity index (χ2n) is 14.0. The highest BCUT2D eigenvalue weighted by Crippen LogP contribution is 2.31. The van der Waals surface area contributed by atoms with Crippen molar-refractivity contribution in [3.05, 3.63) is 70.8 Å². The summed E-state index contributed by atoms with van der Waals surface area (Å²) < 4.78 is 5.57. The zero-order valence-corrected chi connectivity index (χ0v) is 27.6. The van der Waals surface area contributed by atoms with Crippen molar-refractivity contribution in [3.8, 4) is 0 Å². The van der Waals surface area contributed by atoms with Gasteiger partial charge in [0.2, 0.25) is 11.8 Å². The Kier molecular flexibility index (Phi) is 12.2. The number of amides is 3. The Hall–Kier alpha value is -3.35. The number of benzene rings is 2. The Morgan fingerprint density at radius 3 is 2.02 bits per heavy atom. The van der Waals surface area contributed by atoms with Gasteiger partial charge in [-0.2, -0.15) is 0 Å². The highest BCUT2D eigenvalue weighted by molar-refractivity contribution is 5.93. The fourth-order valence-corrected chi connectivity index (χ4v) is 4.98. The van der Waals surface area contributed by atoms with Gasteiger partial charge in [0.1, 0.15) is 17.7 Å². The molecule has 2 rings (SSSR count). The van der Waals surface area contributed by atoms with Crippen LogP contribution in [0.25, 0.3) is 0 Å². The van der Waals surface area contributed by atoms with Crippen LogP contribution < -0.4 is 10.6 Å². The first-order valence-corrected chi connectivity index (χ1v) is 15.1. The third kappa shape index (κ3) is 11.1. The zero-order valence-electron chi connectivity index (χ0n) is 27.6. The summed E-state index contributed by atoms with van der Waals surface area (Å²) in [5.74, 6) is -0.155. The van der Waals surface area contributed by atoms with Crippen LogP contribution in [-0.4, -0.2) is 46.0 Å². The molecular formula is C35H53N3O4. The lowest BCUT2D eigenvalue weighted by atomic mass is 9.92. The van der Waals surface area contributed by atoms with Gasteiger partial charge in [0.05, 0.1) is 0 Å². The smallest absolute Gasteiger partial charge is 0.408 e. The van der Waals surface area contributed by atoms with Crippen molar-refractivity contribution in [3.63, 3.8) is 0 Å². The van der Waals surface area contributed by atoms with Gasteiger partial charge in [-0.3, -0.25) is 9.59 Å². The molecule has 7 nitrogen and oxygen atoms in total. The van der Waals surface area contributed by atoms with Gasteiger partial charge < -0.3 is 20.3 Å². The molecule has 232 valence electrons. The normalized spacial score (nSPS) is 14.1. The second-order valence-corrected chi connectivity index (χ2v) is 14.0. The van der Waals surface area contributed by atoms with Gasteiger partial charge in [0, 0.05) is 18.0 Å². The molecule has 2 aromatic rings. The maximum Gasteiger partial charge on any atom is 0.408 e. The Morgan fingerprint density at radius 1 is 0.881 bits per heavy atom. The molecule has 0 saturated heterocycles. The van der Waals surface area contributed by atoms with Crippen LogP contribution in [0.15, 0.2) is 48.5 Å². The molecule has 3 unspecified atom stereocenters. The highest BCUT2D eigenvalue weighted by Gasteiger charge is 2.40. The second kappa shape index (κ2) is 14.7. The van der Waals surface area contributed by atoms with Gasteiger partial charge in [-0.25, -0.2) is 4.79 Å². The van der Waals surface area contributed by atoms with Gasteiger partial charge in [0.15, 0.2) is 0 Å². The van der Waals surface area contributed by atoms with Crippen molar-refractivity contribution in [2.45, 2.75) is 125 Å². The van der Waals surface area contributed by atoms with Crippen LogP contribution in [0.1, 0.15) is 103 Å². The number of hydrogen-bond donors (Lipinski definition) is 2. The van der Waals surface area contributed by atoms with Gasteiger partial charge in [-0.1, -0.05) is 67.9 Å². The van der Waals surface area contributed by atoms with Gasteiger partial charge >= 0.3 is 6.09 Å². The van der Waals surface area contributed by atoms with E-state index in [1.807, 2.05) is 90.1 Å². The van der Waals surface area contributed by atoms with E-state index in [1.165, 1.54) is 0 Å². The number of nitrogens with zero attached hydrogens (tertiary/aromatic N) is 1. The molecule has 2 aromatic carbocycles. The van der Waals surface area contributed by atoms with Crippen molar-refractivity contribution in [1.82, 2.24) is 15.5 Å². The maximum absolute atomic E-state index is 14.8. The summed E-state index contributed by atoms with van der Waals surface area (Å²) in [6.45, 7) is 21.4. The third-order valence-corrected chi connectivity index (χ3v) is 6.91. The molecule has 0 aromatic heterocycles. The molecule has 0 aliphatic carbocycles. The van der Waals surface area contributed by atoms with Gasteiger partial charge in [0.25, 0.3) is 0 Å². The topological polar surface area (TPSA) is 87.7 Å². The number of nitrogens with one attached hydrogen (secondary N) is 2. The van der Waals surface area contributed by atoms with Crippen molar-refractivity contribution < 1.29 is 19.1 Å².